The standard InChI is InChI=1S/C10H18N2O4/c1-4-16-8(13)5-11-9(14)12-7-15-6-10(12,2)3/h4-7H2,1-3H3,(H,11,14). The average molecular weight is 230 g/mol. The number of ether oxygens (including phenoxy) is 2. The highest BCUT2D eigenvalue weighted by Gasteiger charge is 2.36. The van der Waals surface area contributed by atoms with E-state index < -0.39 is 5.97 Å². The molecule has 6 heteroatoms. The number of carbonyl (C=O) groups excluding carboxylic acids is 2. The summed E-state index contributed by atoms with van der Waals surface area (Å²) < 4.78 is 9.90. The van der Waals surface area contributed by atoms with E-state index in [-0.39, 0.29) is 24.8 Å². The molecule has 1 rings (SSSR count). The van der Waals surface area contributed by atoms with E-state index in [2.05, 4.69) is 5.32 Å². The fraction of sp³-hybridized carbons (Fsp3) is 0.800. The van der Waals surface area contributed by atoms with Crippen LogP contribution in [0.25, 0.3) is 0 Å². The lowest BCUT2D eigenvalue weighted by Gasteiger charge is -2.28. The lowest BCUT2D eigenvalue weighted by atomic mass is 10.1. The Morgan fingerprint density at radius 3 is 2.69 bits per heavy atom. The van der Waals surface area contributed by atoms with Gasteiger partial charge in [-0.25, -0.2) is 4.79 Å². The molecule has 16 heavy (non-hydrogen) atoms. The van der Waals surface area contributed by atoms with Crippen molar-refractivity contribution in [3.8, 4) is 0 Å². The zero-order valence-electron chi connectivity index (χ0n) is 9.91. The second-order valence-corrected chi connectivity index (χ2v) is 4.18. The first-order valence-corrected chi connectivity index (χ1v) is 5.26. The minimum absolute atomic E-state index is 0.112. The van der Waals surface area contributed by atoms with Gasteiger partial charge in [-0.15, -0.1) is 0 Å². The molecule has 0 radical (unpaired) electrons. The van der Waals surface area contributed by atoms with Crippen LogP contribution in [0.1, 0.15) is 20.8 Å². The van der Waals surface area contributed by atoms with Crippen molar-refractivity contribution in [2.24, 2.45) is 0 Å². The smallest absolute Gasteiger partial charge is 0.325 e. The van der Waals surface area contributed by atoms with Crippen molar-refractivity contribution in [3.05, 3.63) is 0 Å². The summed E-state index contributed by atoms with van der Waals surface area (Å²) in [5.74, 6) is -0.436. The van der Waals surface area contributed by atoms with Crippen LogP contribution < -0.4 is 5.32 Å². The van der Waals surface area contributed by atoms with Crippen molar-refractivity contribution in [2.75, 3.05) is 26.5 Å². The number of esters is 1. The van der Waals surface area contributed by atoms with Gasteiger partial charge in [-0.1, -0.05) is 0 Å². The molecule has 0 aromatic heterocycles. The van der Waals surface area contributed by atoms with Crippen LogP contribution in [-0.2, 0) is 14.3 Å². The Balaban J connectivity index is 2.38. The molecular formula is C10H18N2O4. The third-order valence-electron chi connectivity index (χ3n) is 2.34. The van der Waals surface area contributed by atoms with Crippen LogP contribution in [0.5, 0.6) is 0 Å². The lowest BCUT2D eigenvalue weighted by Crippen LogP contribution is -2.50. The van der Waals surface area contributed by atoms with Crippen LogP contribution in [0.15, 0.2) is 0 Å². The summed E-state index contributed by atoms with van der Waals surface area (Å²) >= 11 is 0. The number of hydrogen-bond acceptors (Lipinski definition) is 4. The molecule has 0 aromatic carbocycles. The Hall–Kier alpha value is -1.30. The van der Waals surface area contributed by atoms with E-state index in [1.807, 2.05) is 13.8 Å². The summed E-state index contributed by atoms with van der Waals surface area (Å²) in [7, 11) is 0. The zero-order chi connectivity index (χ0) is 12.2. The molecule has 1 fully saturated rings. The molecule has 6 nitrogen and oxygen atoms in total. The highest BCUT2D eigenvalue weighted by molar-refractivity contribution is 5.81. The largest absolute Gasteiger partial charge is 0.465 e. The van der Waals surface area contributed by atoms with Crippen LogP contribution in [0.3, 0.4) is 0 Å². The number of nitrogens with zero attached hydrogens (tertiary/aromatic N) is 1. The second kappa shape index (κ2) is 5.16. The maximum Gasteiger partial charge on any atom is 0.325 e. The first-order valence-electron chi connectivity index (χ1n) is 5.26. The molecule has 0 bridgehead atoms. The molecule has 0 aromatic rings. The Morgan fingerprint density at radius 1 is 1.50 bits per heavy atom. The van der Waals surface area contributed by atoms with Gasteiger partial charge in [0.2, 0.25) is 0 Å². The molecular weight excluding hydrogens is 212 g/mol. The van der Waals surface area contributed by atoms with E-state index in [9.17, 15) is 9.59 Å². The SMILES string of the molecule is CCOC(=O)CNC(=O)N1COCC1(C)C. The van der Waals surface area contributed by atoms with Gasteiger partial charge in [0.15, 0.2) is 0 Å². The predicted octanol–water partition coefficient (Wildman–Crippen LogP) is 0.327. The van der Waals surface area contributed by atoms with Gasteiger partial charge in [0.05, 0.1) is 18.8 Å². The molecule has 1 heterocycles. The van der Waals surface area contributed by atoms with Crippen molar-refractivity contribution >= 4 is 12.0 Å². The monoisotopic (exact) mass is 230 g/mol. The number of urea groups is 1. The van der Waals surface area contributed by atoms with Gasteiger partial charge < -0.3 is 14.8 Å². The maximum atomic E-state index is 11.7. The van der Waals surface area contributed by atoms with Crippen molar-refractivity contribution in [3.63, 3.8) is 0 Å². The first kappa shape index (κ1) is 12.8. The van der Waals surface area contributed by atoms with Crippen molar-refractivity contribution < 1.29 is 19.1 Å². The third-order valence-corrected chi connectivity index (χ3v) is 2.34. The summed E-state index contributed by atoms with van der Waals surface area (Å²) in [6, 6.07) is -0.310. The van der Waals surface area contributed by atoms with Gasteiger partial charge in [0.25, 0.3) is 0 Å². The van der Waals surface area contributed by atoms with Crippen molar-refractivity contribution in [1.29, 1.82) is 0 Å². The first-order chi connectivity index (χ1) is 7.47. The average Bonchev–Trinajstić information content (AvgIpc) is 2.55. The summed E-state index contributed by atoms with van der Waals surface area (Å²) in [6.45, 7) is 6.48. The fourth-order valence-corrected chi connectivity index (χ4v) is 1.43. The summed E-state index contributed by atoms with van der Waals surface area (Å²) in [4.78, 5) is 24.3. The number of amides is 2. The quantitative estimate of drug-likeness (QED) is 0.709. The van der Waals surface area contributed by atoms with Crippen LogP contribution >= 0.6 is 0 Å². The number of rotatable bonds is 3. The van der Waals surface area contributed by atoms with Gasteiger partial charge in [0.1, 0.15) is 13.3 Å². The molecule has 0 saturated carbocycles. The van der Waals surface area contributed by atoms with E-state index in [0.29, 0.717) is 13.2 Å². The molecule has 0 unspecified atom stereocenters. The highest BCUT2D eigenvalue weighted by Crippen LogP contribution is 2.20. The van der Waals surface area contributed by atoms with Crippen LogP contribution in [-0.4, -0.2) is 48.9 Å². The van der Waals surface area contributed by atoms with E-state index in [1.165, 1.54) is 0 Å². The molecule has 0 atom stereocenters. The van der Waals surface area contributed by atoms with Gasteiger partial charge in [-0.2, -0.15) is 0 Å². The third kappa shape index (κ3) is 3.10. The van der Waals surface area contributed by atoms with E-state index >= 15 is 0 Å². The van der Waals surface area contributed by atoms with Gasteiger partial charge in [-0.05, 0) is 20.8 Å². The number of nitrogens with one attached hydrogen (secondary N) is 1. The lowest BCUT2D eigenvalue weighted by molar-refractivity contribution is -0.141. The van der Waals surface area contributed by atoms with Crippen LogP contribution in [0, 0.1) is 0 Å². The predicted molar refractivity (Wildman–Crippen MR) is 56.8 cm³/mol. The Kier molecular flexibility index (Phi) is 4.12. The maximum absolute atomic E-state index is 11.7. The molecule has 1 aliphatic rings. The topological polar surface area (TPSA) is 67.9 Å². The van der Waals surface area contributed by atoms with E-state index in [1.54, 1.807) is 11.8 Å². The normalized spacial score (nSPS) is 18.3. The van der Waals surface area contributed by atoms with Crippen molar-refractivity contribution in [2.45, 2.75) is 26.3 Å². The summed E-state index contributed by atoms with van der Waals surface area (Å²) in [5, 5.41) is 2.50. The van der Waals surface area contributed by atoms with Gasteiger partial charge in [-0.3, -0.25) is 9.69 Å². The van der Waals surface area contributed by atoms with Crippen LogP contribution in [0.4, 0.5) is 4.79 Å². The fourth-order valence-electron chi connectivity index (χ4n) is 1.43. The molecule has 92 valence electrons. The van der Waals surface area contributed by atoms with E-state index in [4.69, 9.17) is 9.47 Å². The molecule has 2 amide bonds. The van der Waals surface area contributed by atoms with Gasteiger partial charge in [0, 0.05) is 0 Å². The minimum Gasteiger partial charge on any atom is -0.465 e. The van der Waals surface area contributed by atoms with Gasteiger partial charge >= 0.3 is 12.0 Å². The van der Waals surface area contributed by atoms with E-state index in [0.717, 1.165) is 0 Å². The molecule has 0 aliphatic carbocycles. The Bertz CT molecular complexity index is 278. The minimum atomic E-state index is -0.436. The Morgan fingerprint density at radius 2 is 2.19 bits per heavy atom. The Labute approximate surface area is 94.9 Å². The zero-order valence-corrected chi connectivity index (χ0v) is 9.91. The van der Waals surface area contributed by atoms with Crippen molar-refractivity contribution in [1.82, 2.24) is 10.2 Å². The highest BCUT2D eigenvalue weighted by atomic mass is 16.5. The molecule has 0 spiro atoms. The van der Waals surface area contributed by atoms with Crippen LogP contribution in [0.2, 0.25) is 0 Å². The summed E-state index contributed by atoms with van der Waals surface area (Å²) in [5.41, 5.74) is -0.335. The second-order valence-electron chi connectivity index (χ2n) is 4.18. The molecule has 1 aliphatic heterocycles. The molecule has 1 N–H and O–H groups in total. The number of hydrogen-bond donors (Lipinski definition) is 1. The number of carbonyl (C=O) groups is 2. The summed E-state index contributed by atoms with van der Waals surface area (Å²) in [6.07, 6.45) is 0. The molecule has 1 saturated heterocycles.